The fourth-order valence-corrected chi connectivity index (χ4v) is 4.56. The van der Waals surface area contributed by atoms with E-state index >= 15 is 0 Å². The van der Waals surface area contributed by atoms with Gasteiger partial charge >= 0.3 is 5.97 Å². The Morgan fingerprint density at radius 3 is 1.85 bits per heavy atom. The first-order valence-corrected chi connectivity index (χ1v) is 15.0. The molecule has 0 radical (unpaired) electrons. The van der Waals surface area contributed by atoms with E-state index in [1.807, 2.05) is 43.6 Å². The molecule has 0 amide bonds. The molecule has 1 atom stereocenters. The summed E-state index contributed by atoms with van der Waals surface area (Å²) in [5, 5.41) is 0. The van der Waals surface area contributed by atoms with Crippen LogP contribution in [-0.2, 0) is 16.0 Å². The van der Waals surface area contributed by atoms with Gasteiger partial charge in [-0.15, -0.1) is 0 Å². The fraction of sp³-hybridized carbons (Fsp3) is 0.500. The molecule has 2 aromatic carbocycles. The Morgan fingerprint density at radius 2 is 1.26 bits per heavy atom. The van der Waals surface area contributed by atoms with Crippen LogP contribution in [0.1, 0.15) is 97.0 Å². The predicted octanol–water partition coefficient (Wildman–Crippen LogP) is 8.99. The SMILES string of the molecule is CCCCCCCCCCCCc1ccc(-c2ncc(-c3ccc(OC(C)C(=O)OCCC)cc3)cn2)cc1. The van der Waals surface area contributed by atoms with Gasteiger partial charge in [0.2, 0.25) is 0 Å². The molecule has 0 bridgehead atoms. The lowest BCUT2D eigenvalue weighted by atomic mass is 10.0. The Hall–Kier alpha value is -3.21. The van der Waals surface area contributed by atoms with E-state index in [4.69, 9.17) is 9.47 Å². The highest BCUT2D eigenvalue weighted by molar-refractivity contribution is 5.74. The van der Waals surface area contributed by atoms with E-state index in [1.54, 1.807) is 6.92 Å². The Morgan fingerprint density at radius 1 is 0.692 bits per heavy atom. The first-order chi connectivity index (χ1) is 19.1. The Balaban J connectivity index is 1.41. The van der Waals surface area contributed by atoms with Crippen LogP contribution in [0.25, 0.3) is 22.5 Å². The summed E-state index contributed by atoms with van der Waals surface area (Å²) in [5.74, 6) is 0.996. The van der Waals surface area contributed by atoms with Crippen LogP contribution >= 0.6 is 0 Å². The summed E-state index contributed by atoms with van der Waals surface area (Å²) >= 11 is 0. The lowest BCUT2D eigenvalue weighted by molar-refractivity contribution is -0.151. The van der Waals surface area contributed by atoms with Gasteiger partial charge in [-0.1, -0.05) is 108 Å². The average molecular weight is 531 g/mol. The Bertz CT molecular complexity index is 1080. The zero-order valence-electron chi connectivity index (χ0n) is 24.2. The lowest BCUT2D eigenvalue weighted by Gasteiger charge is -2.14. The van der Waals surface area contributed by atoms with E-state index in [1.165, 1.54) is 69.8 Å². The second-order valence-corrected chi connectivity index (χ2v) is 10.4. The maximum Gasteiger partial charge on any atom is 0.347 e. The topological polar surface area (TPSA) is 61.3 Å². The minimum atomic E-state index is -0.647. The maximum absolute atomic E-state index is 11.9. The molecule has 5 heteroatoms. The van der Waals surface area contributed by atoms with Crippen LogP contribution in [0.4, 0.5) is 0 Å². The van der Waals surface area contributed by atoms with E-state index in [2.05, 4.69) is 41.2 Å². The molecule has 0 N–H and O–H groups in total. The van der Waals surface area contributed by atoms with Crippen molar-refractivity contribution in [3.63, 3.8) is 0 Å². The number of unbranched alkanes of at least 4 members (excludes halogenated alkanes) is 9. The van der Waals surface area contributed by atoms with Gasteiger partial charge in [-0.25, -0.2) is 14.8 Å². The van der Waals surface area contributed by atoms with Crippen molar-refractivity contribution in [1.29, 1.82) is 0 Å². The smallest absolute Gasteiger partial charge is 0.347 e. The summed E-state index contributed by atoms with van der Waals surface area (Å²) in [4.78, 5) is 21.1. The highest BCUT2D eigenvalue weighted by Crippen LogP contribution is 2.24. The molecule has 39 heavy (non-hydrogen) atoms. The van der Waals surface area contributed by atoms with Crippen LogP contribution in [0.5, 0.6) is 5.75 Å². The molecule has 210 valence electrons. The number of esters is 1. The molecule has 0 spiro atoms. The predicted molar refractivity (Wildman–Crippen MR) is 160 cm³/mol. The van der Waals surface area contributed by atoms with Crippen LogP contribution in [0.2, 0.25) is 0 Å². The highest BCUT2D eigenvalue weighted by Gasteiger charge is 2.16. The first-order valence-electron chi connectivity index (χ1n) is 15.0. The fourth-order valence-electron chi connectivity index (χ4n) is 4.56. The van der Waals surface area contributed by atoms with Crippen molar-refractivity contribution in [2.24, 2.45) is 0 Å². The number of carbonyl (C=O) groups is 1. The third-order valence-electron chi connectivity index (χ3n) is 6.96. The largest absolute Gasteiger partial charge is 0.479 e. The Labute approximate surface area is 235 Å². The van der Waals surface area contributed by atoms with E-state index in [0.29, 0.717) is 12.4 Å². The number of carbonyl (C=O) groups excluding carboxylic acids is 1. The van der Waals surface area contributed by atoms with Crippen molar-refractivity contribution in [3.05, 3.63) is 66.5 Å². The van der Waals surface area contributed by atoms with E-state index < -0.39 is 6.10 Å². The summed E-state index contributed by atoms with van der Waals surface area (Å²) < 4.78 is 10.8. The molecule has 3 rings (SSSR count). The van der Waals surface area contributed by atoms with Crippen LogP contribution < -0.4 is 4.74 Å². The number of nitrogens with zero attached hydrogens (tertiary/aromatic N) is 2. The van der Waals surface area contributed by atoms with Crippen LogP contribution in [-0.4, -0.2) is 28.6 Å². The second kappa shape index (κ2) is 17.4. The molecule has 1 unspecified atom stereocenters. The number of aromatic nitrogens is 2. The summed E-state index contributed by atoms with van der Waals surface area (Å²) in [5.41, 5.74) is 4.33. The molecule has 0 aliphatic carbocycles. The van der Waals surface area contributed by atoms with Gasteiger partial charge in [-0.3, -0.25) is 0 Å². The zero-order chi connectivity index (χ0) is 27.7. The minimum Gasteiger partial charge on any atom is -0.479 e. The number of hydrogen-bond donors (Lipinski definition) is 0. The van der Waals surface area contributed by atoms with Gasteiger partial charge in [0.25, 0.3) is 0 Å². The van der Waals surface area contributed by atoms with Crippen LogP contribution in [0.15, 0.2) is 60.9 Å². The second-order valence-electron chi connectivity index (χ2n) is 10.4. The number of aryl methyl sites for hydroxylation is 1. The average Bonchev–Trinajstić information content (AvgIpc) is 2.97. The number of ether oxygens (including phenoxy) is 2. The van der Waals surface area contributed by atoms with Crippen molar-refractivity contribution >= 4 is 5.97 Å². The molecule has 0 aliphatic heterocycles. The van der Waals surface area contributed by atoms with Gasteiger partial charge in [-0.05, 0) is 49.4 Å². The number of benzene rings is 2. The number of rotatable bonds is 18. The van der Waals surface area contributed by atoms with Gasteiger partial charge in [0.15, 0.2) is 11.9 Å². The van der Waals surface area contributed by atoms with Crippen LogP contribution in [0, 0.1) is 0 Å². The molecular weight excluding hydrogens is 484 g/mol. The first kappa shape index (κ1) is 30.3. The third-order valence-corrected chi connectivity index (χ3v) is 6.96. The maximum atomic E-state index is 11.9. The van der Waals surface area contributed by atoms with Gasteiger partial charge in [0.1, 0.15) is 5.75 Å². The Kier molecular flexibility index (Phi) is 13.5. The lowest BCUT2D eigenvalue weighted by Crippen LogP contribution is -2.26. The normalized spacial score (nSPS) is 11.8. The third kappa shape index (κ3) is 10.8. The van der Waals surface area contributed by atoms with Crippen molar-refractivity contribution in [2.75, 3.05) is 6.61 Å². The number of hydrogen-bond acceptors (Lipinski definition) is 5. The van der Waals surface area contributed by atoms with Crippen molar-refractivity contribution in [3.8, 4) is 28.3 Å². The van der Waals surface area contributed by atoms with E-state index in [-0.39, 0.29) is 5.97 Å². The van der Waals surface area contributed by atoms with Crippen molar-refractivity contribution in [1.82, 2.24) is 9.97 Å². The van der Waals surface area contributed by atoms with E-state index in [9.17, 15) is 4.79 Å². The van der Waals surface area contributed by atoms with Crippen LogP contribution in [0.3, 0.4) is 0 Å². The molecule has 1 aromatic heterocycles. The van der Waals surface area contributed by atoms with Gasteiger partial charge in [0.05, 0.1) is 6.61 Å². The highest BCUT2D eigenvalue weighted by atomic mass is 16.6. The summed E-state index contributed by atoms with van der Waals surface area (Å²) in [6, 6.07) is 16.2. The van der Waals surface area contributed by atoms with Gasteiger partial charge < -0.3 is 9.47 Å². The molecule has 3 aromatic rings. The van der Waals surface area contributed by atoms with Crippen molar-refractivity contribution in [2.45, 2.75) is 104 Å². The molecule has 0 fully saturated rings. The summed E-state index contributed by atoms with van der Waals surface area (Å²) in [7, 11) is 0. The molecule has 0 saturated carbocycles. The summed E-state index contributed by atoms with van der Waals surface area (Å²) in [6.07, 6.45) is 18.6. The van der Waals surface area contributed by atoms with Crippen molar-refractivity contribution < 1.29 is 14.3 Å². The molecule has 5 nitrogen and oxygen atoms in total. The summed E-state index contributed by atoms with van der Waals surface area (Å²) in [6.45, 7) is 6.34. The minimum absolute atomic E-state index is 0.350. The monoisotopic (exact) mass is 530 g/mol. The molecule has 0 saturated heterocycles. The quantitative estimate of drug-likeness (QED) is 0.121. The van der Waals surface area contributed by atoms with Gasteiger partial charge in [0, 0.05) is 23.5 Å². The standard InChI is InChI=1S/C34H46N2O3/c1-4-6-7-8-9-10-11-12-13-14-15-28-16-18-30(19-17-28)33-35-25-31(26-36-33)29-20-22-32(23-21-29)39-27(3)34(37)38-24-5-2/h16-23,25-27H,4-15,24H2,1-3H3. The van der Waals surface area contributed by atoms with E-state index in [0.717, 1.165) is 35.4 Å². The zero-order valence-corrected chi connectivity index (χ0v) is 24.2. The molecular formula is C34H46N2O3. The molecule has 0 aliphatic rings. The van der Waals surface area contributed by atoms with Gasteiger partial charge in [-0.2, -0.15) is 0 Å². The molecule has 1 heterocycles.